The van der Waals surface area contributed by atoms with Crippen molar-refractivity contribution in [1.29, 1.82) is 0 Å². The normalized spacial score (nSPS) is 12.2. The topological polar surface area (TPSA) is 29.5 Å². The highest BCUT2D eigenvalue weighted by molar-refractivity contribution is 5.38. The molecule has 0 saturated carbocycles. The van der Waals surface area contributed by atoms with Crippen molar-refractivity contribution < 1.29 is 9.84 Å². The average Bonchev–Trinajstić information content (AvgIpc) is 2.45. The lowest BCUT2D eigenvalue weighted by Gasteiger charge is -2.14. The van der Waals surface area contributed by atoms with Gasteiger partial charge in [-0.3, -0.25) is 0 Å². The number of rotatable bonds is 5. The van der Waals surface area contributed by atoms with Crippen molar-refractivity contribution >= 4 is 0 Å². The van der Waals surface area contributed by atoms with Gasteiger partial charge in [0.2, 0.25) is 0 Å². The minimum atomic E-state index is -0.520. The monoisotopic (exact) mass is 270 g/mol. The summed E-state index contributed by atoms with van der Waals surface area (Å²) in [7, 11) is 0. The lowest BCUT2D eigenvalue weighted by molar-refractivity contribution is 0.190. The maximum Gasteiger partial charge on any atom is 0.125 e. The number of hydrogen-bond acceptors (Lipinski definition) is 2. The average molecular weight is 270 g/mol. The summed E-state index contributed by atoms with van der Waals surface area (Å²) in [5.41, 5.74) is 4.43. The van der Waals surface area contributed by atoms with Crippen LogP contribution < -0.4 is 4.74 Å². The third kappa shape index (κ3) is 3.61. The minimum absolute atomic E-state index is 0.520. The van der Waals surface area contributed by atoms with E-state index >= 15 is 0 Å². The first kappa shape index (κ1) is 14.6. The van der Waals surface area contributed by atoms with Gasteiger partial charge < -0.3 is 9.84 Å². The molecule has 0 saturated heterocycles. The van der Waals surface area contributed by atoms with Gasteiger partial charge in [0.05, 0.1) is 6.10 Å². The summed E-state index contributed by atoms with van der Waals surface area (Å²) in [6.07, 6.45) is 0.527. The SMILES string of the molecule is CCc1ccc(COc2cc(C)ccc2[C@H](C)O)cc1. The van der Waals surface area contributed by atoms with E-state index in [1.807, 2.05) is 25.1 Å². The van der Waals surface area contributed by atoms with Crippen molar-refractivity contribution in [1.82, 2.24) is 0 Å². The van der Waals surface area contributed by atoms with E-state index in [4.69, 9.17) is 4.74 Å². The molecule has 106 valence electrons. The molecule has 0 aromatic heterocycles. The maximum absolute atomic E-state index is 9.78. The highest BCUT2D eigenvalue weighted by Crippen LogP contribution is 2.27. The van der Waals surface area contributed by atoms with E-state index in [0.717, 1.165) is 28.9 Å². The number of aliphatic hydroxyl groups is 1. The summed E-state index contributed by atoms with van der Waals surface area (Å²) < 4.78 is 5.88. The van der Waals surface area contributed by atoms with Crippen molar-refractivity contribution in [3.05, 3.63) is 64.7 Å². The number of hydrogen-bond donors (Lipinski definition) is 1. The van der Waals surface area contributed by atoms with E-state index in [0.29, 0.717) is 6.61 Å². The van der Waals surface area contributed by atoms with Crippen LogP contribution in [-0.2, 0) is 13.0 Å². The minimum Gasteiger partial charge on any atom is -0.489 e. The van der Waals surface area contributed by atoms with Gasteiger partial charge in [0, 0.05) is 5.56 Å². The fraction of sp³-hybridized carbons (Fsp3) is 0.333. The van der Waals surface area contributed by atoms with Crippen molar-refractivity contribution in [3.63, 3.8) is 0 Å². The molecule has 20 heavy (non-hydrogen) atoms. The second-order valence-electron chi connectivity index (χ2n) is 5.18. The molecule has 0 heterocycles. The van der Waals surface area contributed by atoms with Gasteiger partial charge in [-0.05, 0) is 43.0 Å². The van der Waals surface area contributed by atoms with Crippen LogP contribution in [0.15, 0.2) is 42.5 Å². The van der Waals surface area contributed by atoms with Gasteiger partial charge in [-0.2, -0.15) is 0 Å². The molecule has 0 aliphatic rings. The fourth-order valence-corrected chi connectivity index (χ4v) is 2.14. The van der Waals surface area contributed by atoms with E-state index < -0.39 is 6.10 Å². The van der Waals surface area contributed by atoms with Crippen molar-refractivity contribution in [2.75, 3.05) is 0 Å². The molecule has 0 spiro atoms. The molecule has 2 nitrogen and oxygen atoms in total. The van der Waals surface area contributed by atoms with E-state index in [1.54, 1.807) is 6.92 Å². The van der Waals surface area contributed by atoms with E-state index in [2.05, 4.69) is 31.2 Å². The van der Waals surface area contributed by atoms with Crippen LogP contribution in [0.5, 0.6) is 5.75 Å². The Morgan fingerprint density at radius 2 is 1.70 bits per heavy atom. The summed E-state index contributed by atoms with van der Waals surface area (Å²) in [4.78, 5) is 0. The lowest BCUT2D eigenvalue weighted by atomic mass is 10.1. The zero-order valence-electron chi connectivity index (χ0n) is 12.4. The van der Waals surface area contributed by atoms with Crippen LogP contribution in [0.1, 0.15) is 42.2 Å². The van der Waals surface area contributed by atoms with Crippen LogP contribution >= 0.6 is 0 Å². The molecule has 2 rings (SSSR count). The number of ether oxygens (including phenoxy) is 1. The third-order valence-corrected chi connectivity index (χ3v) is 3.44. The van der Waals surface area contributed by atoms with Crippen molar-refractivity contribution in [2.45, 2.75) is 39.9 Å². The Morgan fingerprint density at radius 3 is 2.30 bits per heavy atom. The Labute approximate surface area is 121 Å². The van der Waals surface area contributed by atoms with Gasteiger partial charge in [0.15, 0.2) is 0 Å². The molecule has 1 N–H and O–H groups in total. The van der Waals surface area contributed by atoms with Crippen LogP contribution in [0.25, 0.3) is 0 Å². The molecule has 0 bridgehead atoms. The molecule has 0 aliphatic carbocycles. The third-order valence-electron chi connectivity index (χ3n) is 3.44. The van der Waals surface area contributed by atoms with Gasteiger partial charge in [-0.1, -0.05) is 43.3 Å². The summed E-state index contributed by atoms with van der Waals surface area (Å²) in [6, 6.07) is 14.3. The molecule has 1 atom stereocenters. The Kier molecular flexibility index (Phi) is 4.80. The molecule has 0 radical (unpaired) electrons. The smallest absolute Gasteiger partial charge is 0.125 e. The van der Waals surface area contributed by atoms with Crippen LogP contribution in [-0.4, -0.2) is 5.11 Å². The Morgan fingerprint density at radius 1 is 1.05 bits per heavy atom. The second-order valence-corrected chi connectivity index (χ2v) is 5.18. The quantitative estimate of drug-likeness (QED) is 0.882. The standard InChI is InChI=1S/C18H22O2/c1-4-15-6-8-16(9-7-15)12-20-18-11-13(2)5-10-17(18)14(3)19/h5-11,14,19H,4,12H2,1-3H3/t14-/m0/s1. The molecule has 0 unspecified atom stereocenters. The summed E-state index contributed by atoms with van der Waals surface area (Å²) in [6.45, 7) is 6.45. The summed E-state index contributed by atoms with van der Waals surface area (Å²) in [5.74, 6) is 0.763. The molecular weight excluding hydrogens is 248 g/mol. The predicted octanol–water partition coefficient (Wildman–Crippen LogP) is 4.19. The van der Waals surface area contributed by atoms with E-state index in [-0.39, 0.29) is 0 Å². The largest absolute Gasteiger partial charge is 0.489 e. The summed E-state index contributed by atoms with van der Waals surface area (Å²) in [5, 5.41) is 9.78. The van der Waals surface area contributed by atoms with Crippen molar-refractivity contribution in [2.24, 2.45) is 0 Å². The van der Waals surface area contributed by atoms with Gasteiger partial charge >= 0.3 is 0 Å². The first-order valence-corrected chi connectivity index (χ1v) is 7.09. The van der Waals surface area contributed by atoms with Crippen LogP contribution in [0.4, 0.5) is 0 Å². The molecule has 2 heteroatoms. The number of aliphatic hydroxyl groups excluding tert-OH is 1. The van der Waals surface area contributed by atoms with Gasteiger partial charge in [-0.15, -0.1) is 0 Å². The van der Waals surface area contributed by atoms with E-state index in [9.17, 15) is 5.11 Å². The number of aryl methyl sites for hydroxylation is 2. The van der Waals surface area contributed by atoms with Crippen molar-refractivity contribution in [3.8, 4) is 5.75 Å². The highest BCUT2D eigenvalue weighted by atomic mass is 16.5. The first-order valence-electron chi connectivity index (χ1n) is 7.09. The molecule has 0 amide bonds. The fourth-order valence-electron chi connectivity index (χ4n) is 2.14. The Hall–Kier alpha value is -1.80. The van der Waals surface area contributed by atoms with Gasteiger partial charge in [0.1, 0.15) is 12.4 Å². The molecule has 2 aromatic carbocycles. The zero-order chi connectivity index (χ0) is 14.5. The molecular formula is C18H22O2. The maximum atomic E-state index is 9.78. The zero-order valence-corrected chi connectivity index (χ0v) is 12.4. The molecule has 0 aliphatic heterocycles. The van der Waals surface area contributed by atoms with Gasteiger partial charge in [-0.25, -0.2) is 0 Å². The second kappa shape index (κ2) is 6.58. The van der Waals surface area contributed by atoms with Crippen LogP contribution in [0.2, 0.25) is 0 Å². The van der Waals surface area contributed by atoms with Gasteiger partial charge in [0.25, 0.3) is 0 Å². The highest BCUT2D eigenvalue weighted by Gasteiger charge is 2.09. The Bertz CT molecular complexity index is 556. The van der Waals surface area contributed by atoms with Crippen LogP contribution in [0, 0.1) is 6.92 Å². The van der Waals surface area contributed by atoms with E-state index in [1.165, 1.54) is 5.56 Å². The molecule has 2 aromatic rings. The number of benzene rings is 2. The lowest BCUT2D eigenvalue weighted by Crippen LogP contribution is -2.01. The first-order chi connectivity index (χ1) is 9.60. The summed E-state index contributed by atoms with van der Waals surface area (Å²) >= 11 is 0. The van der Waals surface area contributed by atoms with Crippen LogP contribution in [0.3, 0.4) is 0 Å². The molecule has 0 fully saturated rings. The Balaban J connectivity index is 2.11. The predicted molar refractivity (Wildman–Crippen MR) is 82.0 cm³/mol.